The molecule has 0 aliphatic heterocycles. The third-order valence-corrected chi connectivity index (χ3v) is 3.08. The van der Waals surface area contributed by atoms with Crippen LogP contribution in [0.3, 0.4) is 0 Å². The molecule has 114 valence electrons. The first-order chi connectivity index (χ1) is 9.92. The van der Waals surface area contributed by atoms with Crippen LogP contribution in [0.5, 0.6) is 0 Å². The predicted octanol–water partition coefficient (Wildman–Crippen LogP) is 0.580. The SMILES string of the molecule is CCc1ccc(CCC(=O)N(CC(N)=O)CC(=O)O)cc1. The van der Waals surface area contributed by atoms with E-state index in [1.54, 1.807) is 0 Å². The molecule has 0 spiro atoms. The van der Waals surface area contributed by atoms with E-state index in [0.29, 0.717) is 6.42 Å². The Morgan fingerprint density at radius 2 is 1.67 bits per heavy atom. The van der Waals surface area contributed by atoms with Crippen LogP contribution in [0.25, 0.3) is 0 Å². The van der Waals surface area contributed by atoms with Gasteiger partial charge in [0.15, 0.2) is 0 Å². The predicted molar refractivity (Wildman–Crippen MR) is 77.6 cm³/mol. The lowest BCUT2D eigenvalue weighted by atomic mass is 10.1. The molecule has 0 atom stereocenters. The molecule has 0 heterocycles. The van der Waals surface area contributed by atoms with E-state index in [-0.39, 0.29) is 13.0 Å². The Hall–Kier alpha value is -2.37. The molecular formula is C15H20N2O4. The van der Waals surface area contributed by atoms with Gasteiger partial charge in [0.1, 0.15) is 6.54 Å². The molecule has 0 bridgehead atoms. The fraction of sp³-hybridized carbons (Fsp3) is 0.400. The van der Waals surface area contributed by atoms with Gasteiger partial charge in [0.2, 0.25) is 11.8 Å². The molecule has 0 unspecified atom stereocenters. The molecule has 21 heavy (non-hydrogen) atoms. The van der Waals surface area contributed by atoms with Crippen LogP contribution in [0.2, 0.25) is 0 Å². The summed E-state index contributed by atoms with van der Waals surface area (Å²) in [5.74, 6) is -2.29. The molecular weight excluding hydrogens is 272 g/mol. The van der Waals surface area contributed by atoms with Gasteiger partial charge in [-0.1, -0.05) is 31.2 Å². The highest BCUT2D eigenvalue weighted by Gasteiger charge is 2.18. The number of primary amides is 1. The first-order valence-corrected chi connectivity index (χ1v) is 6.78. The average Bonchev–Trinajstić information content (AvgIpc) is 2.43. The molecule has 0 fully saturated rings. The fourth-order valence-corrected chi connectivity index (χ4v) is 1.93. The van der Waals surface area contributed by atoms with Crippen LogP contribution in [-0.4, -0.2) is 40.9 Å². The molecule has 6 nitrogen and oxygen atoms in total. The Kier molecular flexibility index (Phi) is 6.39. The van der Waals surface area contributed by atoms with Gasteiger partial charge in [-0.2, -0.15) is 0 Å². The molecule has 0 aliphatic rings. The number of carbonyl (C=O) groups excluding carboxylic acids is 2. The van der Waals surface area contributed by atoms with Crippen molar-refractivity contribution in [1.82, 2.24) is 4.90 Å². The van der Waals surface area contributed by atoms with Crippen LogP contribution in [0.4, 0.5) is 0 Å². The molecule has 0 saturated carbocycles. The lowest BCUT2D eigenvalue weighted by Gasteiger charge is -2.18. The van der Waals surface area contributed by atoms with Gasteiger partial charge in [0.25, 0.3) is 0 Å². The molecule has 0 radical (unpaired) electrons. The summed E-state index contributed by atoms with van der Waals surface area (Å²) in [4.78, 5) is 34.5. The number of nitrogens with zero attached hydrogens (tertiary/aromatic N) is 1. The highest BCUT2D eigenvalue weighted by molar-refractivity contribution is 5.86. The maximum atomic E-state index is 12.0. The Bertz CT molecular complexity index is 495. The van der Waals surface area contributed by atoms with Gasteiger partial charge in [0, 0.05) is 6.42 Å². The van der Waals surface area contributed by atoms with Crippen LogP contribution in [-0.2, 0) is 27.2 Å². The highest BCUT2D eigenvalue weighted by atomic mass is 16.4. The quantitative estimate of drug-likeness (QED) is 0.731. The Labute approximate surface area is 123 Å². The zero-order chi connectivity index (χ0) is 15.8. The van der Waals surface area contributed by atoms with Gasteiger partial charge >= 0.3 is 5.97 Å². The van der Waals surface area contributed by atoms with E-state index in [4.69, 9.17) is 10.8 Å². The van der Waals surface area contributed by atoms with Gasteiger partial charge in [-0.25, -0.2) is 0 Å². The maximum Gasteiger partial charge on any atom is 0.323 e. The van der Waals surface area contributed by atoms with Crippen molar-refractivity contribution in [3.05, 3.63) is 35.4 Å². The number of rotatable bonds is 8. The standard InChI is InChI=1S/C15H20N2O4/c1-2-11-3-5-12(6-4-11)7-8-14(19)17(9-13(16)18)10-15(20)21/h3-6H,2,7-10H2,1H3,(H2,16,18)(H,20,21). The number of aryl methyl sites for hydroxylation is 2. The maximum absolute atomic E-state index is 12.0. The normalized spacial score (nSPS) is 10.1. The van der Waals surface area contributed by atoms with Crippen LogP contribution < -0.4 is 5.73 Å². The minimum Gasteiger partial charge on any atom is -0.480 e. The van der Waals surface area contributed by atoms with Crippen molar-refractivity contribution in [2.75, 3.05) is 13.1 Å². The lowest BCUT2D eigenvalue weighted by molar-refractivity contribution is -0.145. The second kappa shape index (κ2) is 8.04. The fourth-order valence-electron chi connectivity index (χ4n) is 1.93. The summed E-state index contributed by atoms with van der Waals surface area (Å²) >= 11 is 0. The van der Waals surface area contributed by atoms with Crippen LogP contribution in [0.15, 0.2) is 24.3 Å². The zero-order valence-corrected chi connectivity index (χ0v) is 12.0. The van der Waals surface area contributed by atoms with Gasteiger partial charge in [-0.05, 0) is 24.0 Å². The van der Waals surface area contributed by atoms with E-state index < -0.39 is 24.3 Å². The third-order valence-electron chi connectivity index (χ3n) is 3.08. The number of nitrogens with two attached hydrogens (primary N) is 1. The summed E-state index contributed by atoms with van der Waals surface area (Å²) in [7, 11) is 0. The van der Waals surface area contributed by atoms with E-state index in [0.717, 1.165) is 16.9 Å². The van der Waals surface area contributed by atoms with Crippen molar-refractivity contribution in [2.45, 2.75) is 26.2 Å². The van der Waals surface area contributed by atoms with Gasteiger partial charge < -0.3 is 15.7 Å². The molecule has 0 saturated heterocycles. The van der Waals surface area contributed by atoms with Crippen LogP contribution in [0, 0.1) is 0 Å². The number of benzene rings is 1. The number of hydrogen-bond acceptors (Lipinski definition) is 3. The van der Waals surface area contributed by atoms with E-state index in [1.807, 2.05) is 24.3 Å². The summed E-state index contributed by atoms with van der Waals surface area (Å²) in [6.07, 6.45) is 1.59. The first-order valence-electron chi connectivity index (χ1n) is 6.78. The minimum absolute atomic E-state index is 0.145. The van der Waals surface area contributed by atoms with E-state index in [1.165, 1.54) is 5.56 Å². The molecule has 0 aliphatic carbocycles. The van der Waals surface area contributed by atoms with Crippen molar-refractivity contribution >= 4 is 17.8 Å². The van der Waals surface area contributed by atoms with Crippen LogP contribution in [0.1, 0.15) is 24.5 Å². The van der Waals surface area contributed by atoms with E-state index in [9.17, 15) is 14.4 Å². The lowest BCUT2D eigenvalue weighted by Crippen LogP contribution is -2.41. The molecule has 3 N–H and O–H groups in total. The number of carbonyl (C=O) groups is 3. The highest BCUT2D eigenvalue weighted by Crippen LogP contribution is 2.08. The monoisotopic (exact) mass is 292 g/mol. The summed E-state index contributed by atoms with van der Waals surface area (Å²) in [5.41, 5.74) is 7.23. The number of carboxylic acids is 1. The first kappa shape index (κ1) is 16.7. The van der Waals surface area contributed by atoms with E-state index >= 15 is 0 Å². The smallest absolute Gasteiger partial charge is 0.323 e. The molecule has 1 aromatic carbocycles. The van der Waals surface area contributed by atoms with Crippen molar-refractivity contribution in [1.29, 1.82) is 0 Å². The van der Waals surface area contributed by atoms with Crippen molar-refractivity contribution < 1.29 is 19.5 Å². The Morgan fingerprint density at radius 1 is 1.10 bits per heavy atom. The summed E-state index contributed by atoms with van der Waals surface area (Å²) in [6, 6.07) is 7.89. The van der Waals surface area contributed by atoms with Crippen molar-refractivity contribution in [3.8, 4) is 0 Å². The Morgan fingerprint density at radius 3 is 2.14 bits per heavy atom. The van der Waals surface area contributed by atoms with Gasteiger partial charge in [0.05, 0.1) is 6.54 Å². The number of carboxylic acid groups (broad SMARTS) is 1. The zero-order valence-electron chi connectivity index (χ0n) is 12.0. The summed E-state index contributed by atoms with van der Waals surface area (Å²) in [6.45, 7) is 1.17. The van der Waals surface area contributed by atoms with Gasteiger partial charge in [-0.15, -0.1) is 0 Å². The molecule has 6 heteroatoms. The number of hydrogen-bond donors (Lipinski definition) is 2. The second-order valence-corrected chi connectivity index (χ2v) is 4.78. The molecule has 1 aromatic rings. The number of amides is 2. The average molecular weight is 292 g/mol. The summed E-state index contributed by atoms with van der Waals surface area (Å²) in [5, 5.41) is 8.74. The minimum atomic E-state index is -1.17. The molecule has 2 amide bonds. The molecule has 0 aromatic heterocycles. The largest absolute Gasteiger partial charge is 0.480 e. The van der Waals surface area contributed by atoms with Crippen LogP contribution >= 0.6 is 0 Å². The Balaban J connectivity index is 2.59. The second-order valence-electron chi connectivity index (χ2n) is 4.78. The van der Waals surface area contributed by atoms with Crippen molar-refractivity contribution in [2.24, 2.45) is 5.73 Å². The van der Waals surface area contributed by atoms with Crippen molar-refractivity contribution in [3.63, 3.8) is 0 Å². The molecule has 1 rings (SSSR count). The summed E-state index contributed by atoms with van der Waals surface area (Å²) < 4.78 is 0. The van der Waals surface area contributed by atoms with Gasteiger partial charge in [-0.3, -0.25) is 14.4 Å². The number of aliphatic carboxylic acids is 1. The topological polar surface area (TPSA) is 101 Å². The third kappa shape index (κ3) is 6.07. The van der Waals surface area contributed by atoms with E-state index in [2.05, 4.69) is 6.92 Å².